The number of fused-ring (bicyclic) bond motifs is 7. The minimum atomic E-state index is -0.0649. The Kier molecular flexibility index (Phi) is 6.07. The number of furan rings is 2. The molecule has 0 bridgehead atoms. The molecule has 9 rings (SSSR count). The van der Waals surface area contributed by atoms with E-state index in [2.05, 4.69) is 159 Å². The fourth-order valence-corrected chi connectivity index (χ4v) is 7.16. The van der Waals surface area contributed by atoms with E-state index >= 15 is 0 Å². The number of nitrogens with zero attached hydrogens (tertiary/aromatic N) is 1. The van der Waals surface area contributed by atoms with E-state index in [0.717, 1.165) is 60.9 Å². The van der Waals surface area contributed by atoms with Gasteiger partial charge in [-0.25, -0.2) is 0 Å². The molecule has 7 aromatic carbocycles. The van der Waals surface area contributed by atoms with E-state index in [1.54, 1.807) is 0 Å². The fourth-order valence-electron chi connectivity index (χ4n) is 7.16. The van der Waals surface area contributed by atoms with E-state index in [9.17, 15) is 0 Å². The number of benzene rings is 7. The summed E-state index contributed by atoms with van der Waals surface area (Å²) in [5.41, 5.74) is 9.97. The molecule has 2 aromatic heterocycles. The molecule has 9 aromatic rings. The van der Waals surface area contributed by atoms with E-state index in [1.165, 1.54) is 27.5 Å². The van der Waals surface area contributed by atoms with E-state index in [0.29, 0.717) is 0 Å². The van der Waals surface area contributed by atoms with Crippen molar-refractivity contribution in [3.05, 3.63) is 151 Å². The highest BCUT2D eigenvalue weighted by molar-refractivity contribution is 6.14. The van der Waals surface area contributed by atoms with Crippen molar-refractivity contribution >= 4 is 71.7 Å². The van der Waals surface area contributed by atoms with Crippen molar-refractivity contribution in [3.8, 4) is 11.1 Å². The summed E-state index contributed by atoms with van der Waals surface area (Å²) in [5.74, 6) is 0. The highest BCUT2D eigenvalue weighted by Crippen LogP contribution is 2.47. The van der Waals surface area contributed by atoms with Gasteiger partial charge in [-0.05, 0) is 57.6 Å². The first-order chi connectivity index (χ1) is 23.0. The lowest BCUT2D eigenvalue weighted by molar-refractivity contribution is 0.573. The van der Waals surface area contributed by atoms with Gasteiger partial charge in [-0.1, -0.05) is 136 Å². The Hall–Kier alpha value is -5.80. The minimum Gasteiger partial charge on any atom is -0.454 e. The van der Waals surface area contributed by atoms with Crippen LogP contribution in [-0.4, -0.2) is 0 Å². The highest BCUT2D eigenvalue weighted by Gasteiger charge is 2.25. The van der Waals surface area contributed by atoms with Crippen molar-refractivity contribution < 1.29 is 8.83 Å². The van der Waals surface area contributed by atoms with Crippen LogP contribution in [0, 0.1) is 0 Å². The molecule has 0 aliphatic rings. The van der Waals surface area contributed by atoms with Gasteiger partial charge in [-0.3, -0.25) is 0 Å². The van der Waals surface area contributed by atoms with Gasteiger partial charge in [0, 0.05) is 32.8 Å². The molecule has 3 heteroatoms. The maximum absolute atomic E-state index is 6.91. The SMILES string of the molecule is CC(C)(C)c1cccc2c1oc1c(N(c3ccc(-c4cccc5ccccc45)cc3)c3cccc4c3oc3ccccc34)cccc12. The summed E-state index contributed by atoms with van der Waals surface area (Å²) in [6.45, 7) is 6.71. The van der Waals surface area contributed by atoms with Gasteiger partial charge in [0.15, 0.2) is 11.2 Å². The molecule has 2 heterocycles. The summed E-state index contributed by atoms with van der Waals surface area (Å²) in [7, 11) is 0. The molecule has 0 spiro atoms. The molecule has 0 atom stereocenters. The van der Waals surface area contributed by atoms with Crippen molar-refractivity contribution in [3.63, 3.8) is 0 Å². The number of hydrogen-bond donors (Lipinski definition) is 0. The van der Waals surface area contributed by atoms with Crippen molar-refractivity contribution in [2.75, 3.05) is 4.90 Å². The zero-order valence-electron chi connectivity index (χ0n) is 26.6. The predicted molar refractivity (Wildman–Crippen MR) is 197 cm³/mol. The third-order valence-corrected chi connectivity index (χ3v) is 9.40. The lowest BCUT2D eigenvalue weighted by Crippen LogP contribution is -2.11. The van der Waals surface area contributed by atoms with Gasteiger partial charge in [-0.2, -0.15) is 0 Å². The Labute approximate surface area is 273 Å². The van der Waals surface area contributed by atoms with Gasteiger partial charge in [-0.15, -0.1) is 0 Å². The van der Waals surface area contributed by atoms with Crippen LogP contribution in [0.4, 0.5) is 17.1 Å². The Balaban J connectivity index is 1.30. The molecular formula is C44H33NO2. The molecule has 3 nitrogen and oxygen atoms in total. The maximum atomic E-state index is 6.91. The topological polar surface area (TPSA) is 29.5 Å². The number of anilines is 3. The predicted octanol–water partition coefficient (Wildman–Crippen LogP) is 13.1. The summed E-state index contributed by atoms with van der Waals surface area (Å²) in [5, 5.41) is 6.89. The van der Waals surface area contributed by atoms with Crippen LogP contribution in [0.15, 0.2) is 154 Å². The lowest BCUT2D eigenvalue weighted by Gasteiger charge is -2.26. The number of rotatable bonds is 4. The molecule has 0 aliphatic carbocycles. The Bertz CT molecular complexity index is 2610. The molecule has 0 unspecified atom stereocenters. The minimum absolute atomic E-state index is 0.0649. The summed E-state index contributed by atoms with van der Waals surface area (Å²) >= 11 is 0. The van der Waals surface area contributed by atoms with Gasteiger partial charge in [0.05, 0.1) is 11.4 Å². The second-order valence-electron chi connectivity index (χ2n) is 13.3. The average molecular weight is 608 g/mol. The Morgan fingerprint density at radius 3 is 1.74 bits per heavy atom. The smallest absolute Gasteiger partial charge is 0.159 e. The van der Waals surface area contributed by atoms with Crippen molar-refractivity contribution in [2.45, 2.75) is 26.2 Å². The zero-order chi connectivity index (χ0) is 31.7. The van der Waals surface area contributed by atoms with Gasteiger partial charge in [0.1, 0.15) is 11.2 Å². The number of para-hydroxylation sites is 4. The Morgan fingerprint density at radius 2 is 1.00 bits per heavy atom. The van der Waals surface area contributed by atoms with Gasteiger partial charge in [0.2, 0.25) is 0 Å². The van der Waals surface area contributed by atoms with Crippen LogP contribution in [0.25, 0.3) is 65.8 Å². The largest absolute Gasteiger partial charge is 0.454 e. The van der Waals surface area contributed by atoms with Crippen molar-refractivity contribution in [1.82, 2.24) is 0 Å². The highest BCUT2D eigenvalue weighted by atomic mass is 16.3. The first-order valence-corrected chi connectivity index (χ1v) is 16.2. The average Bonchev–Trinajstić information content (AvgIpc) is 3.68. The molecule has 0 fully saturated rings. The van der Waals surface area contributed by atoms with Crippen LogP contribution in [0.3, 0.4) is 0 Å². The van der Waals surface area contributed by atoms with Gasteiger partial charge in [0.25, 0.3) is 0 Å². The lowest BCUT2D eigenvalue weighted by atomic mass is 9.86. The van der Waals surface area contributed by atoms with Crippen LogP contribution < -0.4 is 4.90 Å². The standard InChI is InChI=1S/C44H33NO2/c1-44(2,3)37-20-9-17-35-36-19-11-22-39(43(36)47-41(35)37)45(38-21-10-18-34-33-15-6-7-23-40(33)46-42(34)38)30-26-24-29(25-27-30)32-16-8-13-28-12-4-5-14-31(28)32/h4-27H,1-3H3. The quantitative estimate of drug-likeness (QED) is 0.199. The van der Waals surface area contributed by atoms with Gasteiger partial charge < -0.3 is 13.7 Å². The summed E-state index contributed by atoms with van der Waals surface area (Å²) in [6, 6.07) is 51.5. The summed E-state index contributed by atoms with van der Waals surface area (Å²) in [6.07, 6.45) is 0. The molecule has 47 heavy (non-hydrogen) atoms. The molecule has 0 aliphatic heterocycles. The van der Waals surface area contributed by atoms with Crippen molar-refractivity contribution in [1.29, 1.82) is 0 Å². The van der Waals surface area contributed by atoms with Crippen LogP contribution >= 0.6 is 0 Å². The van der Waals surface area contributed by atoms with Crippen LogP contribution in [0.5, 0.6) is 0 Å². The molecular weight excluding hydrogens is 574 g/mol. The second kappa shape index (κ2) is 10.4. The van der Waals surface area contributed by atoms with Crippen LogP contribution in [0.2, 0.25) is 0 Å². The molecule has 0 saturated heterocycles. The zero-order valence-corrected chi connectivity index (χ0v) is 26.6. The monoisotopic (exact) mass is 607 g/mol. The molecule has 0 N–H and O–H groups in total. The third kappa shape index (κ3) is 4.34. The summed E-state index contributed by atoms with van der Waals surface area (Å²) < 4.78 is 13.5. The van der Waals surface area contributed by atoms with Crippen molar-refractivity contribution in [2.24, 2.45) is 0 Å². The summed E-state index contributed by atoms with van der Waals surface area (Å²) in [4.78, 5) is 2.29. The second-order valence-corrected chi connectivity index (χ2v) is 13.3. The number of hydrogen-bond acceptors (Lipinski definition) is 3. The van der Waals surface area contributed by atoms with E-state index in [-0.39, 0.29) is 5.41 Å². The first-order valence-electron chi connectivity index (χ1n) is 16.2. The fraction of sp³-hybridized carbons (Fsp3) is 0.0909. The van der Waals surface area contributed by atoms with E-state index in [1.807, 2.05) is 12.1 Å². The molecule has 0 radical (unpaired) electrons. The van der Waals surface area contributed by atoms with Gasteiger partial charge >= 0.3 is 0 Å². The van der Waals surface area contributed by atoms with Crippen LogP contribution in [-0.2, 0) is 5.41 Å². The van der Waals surface area contributed by atoms with E-state index < -0.39 is 0 Å². The molecule has 0 saturated carbocycles. The normalized spacial score (nSPS) is 12.1. The van der Waals surface area contributed by atoms with Crippen LogP contribution in [0.1, 0.15) is 26.3 Å². The third-order valence-electron chi connectivity index (χ3n) is 9.40. The molecule has 226 valence electrons. The van der Waals surface area contributed by atoms with E-state index in [4.69, 9.17) is 8.83 Å². The first kappa shape index (κ1) is 27.5. The maximum Gasteiger partial charge on any atom is 0.159 e. The molecule has 0 amide bonds. The Morgan fingerprint density at radius 1 is 0.447 bits per heavy atom.